The average Bonchev–Trinajstić information content (AvgIpc) is 2.22. The fourth-order valence-corrected chi connectivity index (χ4v) is 2.26. The highest BCUT2D eigenvalue weighted by atomic mass is 79.9. The van der Waals surface area contributed by atoms with Crippen molar-refractivity contribution in [1.82, 2.24) is 5.32 Å². The molecule has 0 spiro atoms. The van der Waals surface area contributed by atoms with Crippen LogP contribution in [-0.2, 0) is 0 Å². The third kappa shape index (κ3) is 5.35. The third-order valence-corrected chi connectivity index (χ3v) is 3.20. The first-order valence-electron chi connectivity index (χ1n) is 5.54. The summed E-state index contributed by atoms with van der Waals surface area (Å²) in [5, 5.41) is 2.98. The molecule has 0 saturated heterocycles. The molecule has 0 aromatic heterocycles. The van der Waals surface area contributed by atoms with Crippen molar-refractivity contribution < 1.29 is 17.6 Å². The lowest BCUT2D eigenvalue weighted by atomic mass is 10.1. The first kappa shape index (κ1) is 15.4. The summed E-state index contributed by atoms with van der Waals surface area (Å²) in [6.07, 6.45) is -4.87. The Kier molecular flexibility index (Phi) is 5.59. The second kappa shape index (κ2) is 6.52. The van der Waals surface area contributed by atoms with Gasteiger partial charge in [-0.1, -0.05) is 22.0 Å². The van der Waals surface area contributed by atoms with Gasteiger partial charge in [-0.25, -0.2) is 4.39 Å². The molecule has 0 aliphatic heterocycles. The van der Waals surface area contributed by atoms with Crippen molar-refractivity contribution in [3.63, 3.8) is 0 Å². The molecule has 0 amide bonds. The van der Waals surface area contributed by atoms with E-state index in [0.29, 0.717) is 4.47 Å². The summed E-state index contributed by atoms with van der Waals surface area (Å²) in [6.45, 7) is 2.09. The van der Waals surface area contributed by atoms with E-state index in [-0.39, 0.29) is 24.8 Å². The highest BCUT2D eigenvalue weighted by Gasteiger charge is 2.25. The number of rotatable bonds is 5. The number of hydrogen-bond donors (Lipinski definition) is 1. The maximum Gasteiger partial charge on any atom is 0.389 e. The van der Waals surface area contributed by atoms with Crippen molar-refractivity contribution in [3.8, 4) is 0 Å². The second-order valence-electron chi connectivity index (χ2n) is 4.06. The van der Waals surface area contributed by atoms with Gasteiger partial charge in [-0.15, -0.1) is 0 Å². The van der Waals surface area contributed by atoms with Crippen molar-refractivity contribution >= 4 is 15.9 Å². The van der Waals surface area contributed by atoms with Gasteiger partial charge in [-0.2, -0.15) is 13.2 Å². The predicted molar refractivity (Wildman–Crippen MR) is 65.8 cm³/mol. The molecule has 102 valence electrons. The van der Waals surface area contributed by atoms with Gasteiger partial charge < -0.3 is 5.32 Å². The molecule has 0 aliphatic carbocycles. The number of halogens is 5. The molecule has 0 aliphatic rings. The molecule has 1 aromatic rings. The minimum absolute atomic E-state index is 0.0344. The van der Waals surface area contributed by atoms with Crippen LogP contribution in [0.15, 0.2) is 22.7 Å². The number of nitrogens with one attached hydrogen (secondary N) is 1. The molecule has 1 atom stereocenters. The van der Waals surface area contributed by atoms with E-state index in [1.807, 2.05) is 6.92 Å². The largest absolute Gasteiger partial charge is 0.389 e. The van der Waals surface area contributed by atoms with Gasteiger partial charge >= 0.3 is 6.18 Å². The fourth-order valence-electron chi connectivity index (χ4n) is 1.57. The van der Waals surface area contributed by atoms with E-state index in [2.05, 4.69) is 21.2 Å². The molecular formula is C12H14BrF4N. The fraction of sp³-hybridized carbons (Fsp3) is 0.500. The Labute approximate surface area is 112 Å². The first-order valence-corrected chi connectivity index (χ1v) is 6.34. The van der Waals surface area contributed by atoms with E-state index in [9.17, 15) is 17.6 Å². The van der Waals surface area contributed by atoms with Crippen LogP contribution < -0.4 is 5.32 Å². The first-order chi connectivity index (χ1) is 8.29. The number of benzene rings is 1. The predicted octanol–water partition coefficient (Wildman–Crippen LogP) is 4.58. The summed E-state index contributed by atoms with van der Waals surface area (Å²) in [6, 6.07) is 4.14. The molecule has 0 heterocycles. The van der Waals surface area contributed by atoms with Crippen LogP contribution in [0.2, 0.25) is 0 Å². The van der Waals surface area contributed by atoms with E-state index in [1.54, 1.807) is 6.07 Å². The van der Waals surface area contributed by atoms with Gasteiger partial charge in [0.25, 0.3) is 0 Å². The van der Waals surface area contributed by atoms with Gasteiger partial charge in [-0.05, 0) is 37.6 Å². The molecule has 0 fully saturated rings. The van der Waals surface area contributed by atoms with Crippen LogP contribution in [-0.4, -0.2) is 12.7 Å². The lowest BCUT2D eigenvalue weighted by molar-refractivity contribution is -0.135. The summed E-state index contributed by atoms with van der Waals surface area (Å²) < 4.78 is 49.3. The van der Waals surface area contributed by atoms with Crippen LogP contribution in [0.4, 0.5) is 17.6 Å². The van der Waals surface area contributed by atoms with E-state index in [1.165, 1.54) is 12.1 Å². The zero-order valence-corrected chi connectivity index (χ0v) is 11.4. The van der Waals surface area contributed by atoms with Crippen molar-refractivity contribution in [2.75, 3.05) is 6.54 Å². The standard InChI is InChI=1S/C12H14BrF4N/c1-8(18-6-2-5-12(15,16)17)10-4-3-9(14)7-11(10)13/h3-4,7-8,18H,2,5-6H2,1H3. The normalized spacial score (nSPS) is 13.7. The molecule has 1 N–H and O–H groups in total. The van der Waals surface area contributed by atoms with Crippen LogP contribution in [0.25, 0.3) is 0 Å². The minimum atomic E-state index is -4.11. The topological polar surface area (TPSA) is 12.0 Å². The van der Waals surface area contributed by atoms with Crippen molar-refractivity contribution in [2.45, 2.75) is 32.0 Å². The average molecular weight is 328 g/mol. The Balaban J connectivity index is 2.43. The third-order valence-electron chi connectivity index (χ3n) is 2.52. The molecule has 0 saturated carbocycles. The van der Waals surface area contributed by atoms with Crippen LogP contribution in [0.3, 0.4) is 0 Å². The molecule has 1 rings (SSSR count). The summed E-state index contributed by atoms with van der Waals surface area (Å²) >= 11 is 3.23. The molecule has 1 unspecified atom stereocenters. The van der Waals surface area contributed by atoms with Crippen LogP contribution in [0, 0.1) is 5.82 Å². The van der Waals surface area contributed by atoms with Gasteiger partial charge in [0.15, 0.2) is 0 Å². The number of hydrogen-bond acceptors (Lipinski definition) is 1. The summed E-state index contributed by atoms with van der Waals surface area (Å²) in [5.41, 5.74) is 0.823. The van der Waals surface area contributed by atoms with Crippen LogP contribution >= 0.6 is 15.9 Å². The lowest BCUT2D eigenvalue weighted by Crippen LogP contribution is -2.22. The lowest BCUT2D eigenvalue weighted by Gasteiger charge is -2.16. The zero-order chi connectivity index (χ0) is 13.8. The monoisotopic (exact) mass is 327 g/mol. The van der Waals surface area contributed by atoms with Gasteiger partial charge in [0.2, 0.25) is 0 Å². The molecule has 18 heavy (non-hydrogen) atoms. The van der Waals surface area contributed by atoms with Crippen molar-refractivity contribution in [1.29, 1.82) is 0 Å². The van der Waals surface area contributed by atoms with Crippen LogP contribution in [0.5, 0.6) is 0 Å². The Hall–Kier alpha value is -0.620. The van der Waals surface area contributed by atoms with Crippen molar-refractivity contribution in [2.24, 2.45) is 0 Å². The Morgan fingerprint density at radius 1 is 1.33 bits per heavy atom. The SMILES string of the molecule is CC(NCCCC(F)(F)F)c1ccc(F)cc1Br. The van der Waals surface area contributed by atoms with Crippen LogP contribution in [0.1, 0.15) is 31.4 Å². The molecule has 6 heteroatoms. The molecule has 0 bridgehead atoms. The zero-order valence-electron chi connectivity index (χ0n) is 9.82. The summed E-state index contributed by atoms with van der Waals surface area (Å²) in [5.74, 6) is -0.352. The molecule has 0 radical (unpaired) electrons. The van der Waals surface area contributed by atoms with Crippen molar-refractivity contribution in [3.05, 3.63) is 34.1 Å². The highest BCUT2D eigenvalue weighted by molar-refractivity contribution is 9.10. The van der Waals surface area contributed by atoms with E-state index in [0.717, 1.165) is 5.56 Å². The van der Waals surface area contributed by atoms with Gasteiger partial charge in [0, 0.05) is 16.9 Å². The molecule has 1 aromatic carbocycles. The Morgan fingerprint density at radius 2 is 2.00 bits per heavy atom. The highest BCUT2D eigenvalue weighted by Crippen LogP contribution is 2.25. The Bertz CT molecular complexity index is 392. The molecular weight excluding hydrogens is 314 g/mol. The summed E-state index contributed by atoms with van der Waals surface area (Å²) in [7, 11) is 0. The minimum Gasteiger partial charge on any atom is -0.310 e. The molecule has 1 nitrogen and oxygen atoms in total. The maximum absolute atomic E-state index is 12.9. The van der Waals surface area contributed by atoms with Gasteiger partial charge in [0.1, 0.15) is 5.82 Å². The van der Waals surface area contributed by atoms with E-state index >= 15 is 0 Å². The van der Waals surface area contributed by atoms with E-state index in [4.69, 9.17) is 0 Å². The number of alkyl halides is 3. The Morgan fingerprint density at radius 3 is 2.56 bits per heavy atom. The van der Waals surface area contributed by atoms with E-state index < -0.39 is 12.6 Å². The summed E-state index contributed by atoms with van der Waals surface area (Å²) in [4.78, 5) is 0. The smallest absolute Gasteiger partial charge is 0.310 e. The maximum atomic E-state index is 12.9. The second-order valence-corrected chi connectivity index (χ2v) is 4.91. The quantitative estimate of drug-likeness (QED) is 0.616. The van der Waals surface area contributed by atoms with Gasteiger partial charge in [-0.3, -0.25) is 0 Å². The van der Waals surface area contributed by atoms with Gasteiger partial charge in [0.05, 0.1) is 0 Å².